The quantitative estimate of drug-likeness (QED) is 0.451. The van der Waals surface area contributed by atoms with E-state index in [1.165, 1.54) is 12.1 Å². The maximum absolute atomic E-state index is 12.3. The molecule has 1 fully saturated rings. The van der Waals surface area contributed by atoms with Gasteiger partial charge in [0.1, 0.15) is 5.69 Å². The van der Waals surface area contributed by atoms with Gasteiger partial charge in [-0.25, -0.2) is 4.79 Å². The first kappa shape index (κ1) is 20.3. The lowest BCUT2D eigenvalue weighted by Crippen LogP contribution is -2.44. The summed E-state index contributed by atoms with van der Waals surface area (Å²) in [5.74, 6) is -1.01. The fourth-order valence-electron chi connectivity index (χ4n) is 3.35. The number of piperidine rings is 1. The summed E-state index contributed by atoms with van der Waals surface area (Å²) in [5, 5.41) is 14.4. The Morgan fingerprint density at radius 1 is 1.21 bits per heavy atom. The highest BCUT2D eigenvalue weighted by Crippen LogP contribution is 2.29. The summed E-state index contributed by atoms with van der Waals surface area (Å²) >= 11 is 0. The van der Waals surface area contributed by atoms with Crippen molar-refractivity contribution >= 4 is 28.9 Å². The van der Waals surface area contributed by atoms with Gasteiger partial charge in [-0.05, 0) is 50.5 Å². The number of hydrogen-bond acceptors (Lipinski definition) is 6. The highest BCUT2D eigenvalue weighted by Gasteiger charge is 2.25. The highest BCUT2D eigenvalue weighted by atomic mass is 16.6. The molecule has 0 unspecified atom stereocenters. The maximum Gasteiger partial charge on any atom is 0.338 e. The Hall–Kier alpha value is -3.42. The predicted molar refractivity (Wildman–Crippen MR) is 108 cm³/mol. The van der Waals surface area contributed by atoms with E-state index < -0.39 is 10.9 Å². The molecule has 0 spiro atoms. The van der Waals surface area contributed by atoms with Crippen molar-refractivity contribution in [2.24, 2.45) is 0 Å². The van der Waals surface area contributed by atoms with Crippen LogP contribution in [0.5, 0.6) is 0 Å². The molecular weight excluding hydrogens is 374 g/mol. The van der Waals surface area contributed by atoms with E-state index in [1.54, 1.807) is 29.2 Å². The average Bonchev–Trinajstić information content (AvgIpc) is 2.73. The maximum atomic E-state index is 12.3. The van der Waals surface area contributed by atoms with E-state index >= 15 is 0 Å². The van der Waals surface area contributed by atoms with Gasteiger partial charge < -0.3 is 15.0 Å². The number of nitro benzene ring substituents is 1. The first-order chi connectivity index (χ1) is 14.0. The number of rotatable bonds is 6. The number of benzene rings is 2. The second-order valence-corrected chi connectivity index (χ2v) is 6.99. The zero-order chi connectivity index (χ0) is 20.8. The largest absolute Gasteiger partial charge is 0.452 e. The molecule has 0 saturated carbocycles. The van der Waals surface area contributed by atoms with Crippen molar-refractivity contribution in [3.05, 3.63) is 64.2 Å². The Labute approximate surface area is 168 Å². The zero-order valence-corrected chi connectivity index (χ0v) is 16.2. The monoisotopic (exact) mass is 397 g/mol. The first-order valence-electron chi connectivity index (χ1n) is 9.53. The van der Waals surface area contributed by atoms with E-state index in [0.717, 1.165) is 25.3 Å². The van der Waals surface area contributed by atoms with Gasteiger partial charge in [-0.1, -0.05) is 18.2 Å². The predicted octanol–water partition coefficient (Wildman–Crippen LogP) is 3.90. The van der Waals surface area contributed by atoms with Crippen LogP contribution >= 0.6 is 0 Å². The van der Waals surface area contributed by atoms with E-state index in [0.29, 0.717) is 12.2 Å². The minimum absolute atomic E-state index is 0.0230. The molecule has 2 aromatic carbocycles. The van der Waals surface area contributed by atoms with Gasteiger partial charge in [-0.15, -0.1) is 0 Å². The van der Waals surface area contributed by atoms with Gasteiger partial charge in [0.05, 0.1) is 10.5 Å². The second kappa shape index (κ2) is 9.18. The van der Waals surface area contributed by atoms with Gasteiger partial charge in [-0.3, -0.25) is 14.9 Å². The molecule has 1 amide bonds. The molecule has 1 N–H and O–H groups in total. The number of likely N-dealkylation sites (tertiary alicyclic amines) is 1. The standard InChI is InChI=1S/C21H23N3O5/c1-15-7-5-6-12-23(15)20(25)14-29-21(26)16-10-11-18(19(13-16)24(27)28)22-17-8-3-2-4-9-17/h2-4,8-11,13,15,22H,5-7,12,14H2,1H3/t15-/m1/s1. The summed E-state index contributed by atoms with van der Waals surface area (Å²) in [6, 6.07) is 13.2. The molecule has 2 aromatic rings. The molecule has 0 aromatic heterocycles. The molecule has 3 rings (SSSR count). The van der Waals surface area contributed by atoms with E-state index in [9.17, 15) is 19.7 Å². The van der Waals surface area contributed by atoms with Crippen LogP contribution in [-0.2, 0) is 9.53 Å². The summed E-state index contributed by atoms with van der Waals surface area (Å²) in [6.07, 6.45) is 2.95. The van der Waals surface area contributed by atoms with Crippen molar-refractivity contribution in [2.45, 2.75) is 32.2 Å². The molecule has 1 atom stereocenters. The number of para-hydroxylation sites is 1. The fraction of sp³-hybridized carbons (Fsp3) is 0.333. The summed E-state index contributed by atoms with van der Waals surface area (Å²) in [4.78, 5) is 37.2. The van der Waals surface area contributed by atoms with Gasteiger partial charge in [-0.2, -0.15) is 0 Å². The fourth-order valence-corrected chi connectivity index (χ4v) is 3.35. The number of nitrogens with one attached hydrogen (secondary N) is 1. The van der Waals surface area contributed by atoms with E-state index in [1.807, 2.05) is 13.0 Å². The topological polar surface area (TPSA) is 102 Å². The van der Waals surface area contributed by atoms with Crippen LogP contribution in [0.15, 0.2) is 48.5 Å². The zero-order valence-electron chi connectivity index (χ0n) is 16.2. The molecule has 1 heterocycles. The number of nitro groups is 1. The molecule has 8 heteroatoms. The summed E-state index contributed by atoms with van der Waals surface area (Å²) < 4.78 is 5.11. The molecule has 1 saturated heterocycles. The minimum atomic E-state index is -0.766. The first-order valence-corrected chi connectivity index (χ1v) is 9.53. The van der Waals surface area contributed by atoms with E-state index in [2.05, 4.69) is 5.32 Å². The van der Waals surface area contributed by atoms with Gasteiger partial charge in [0.2, 0.25) is 0 Å². The molecular formula is C21H23N3O5. The van der Waals surface area contributed by atoms with Crippen LogP contribution < -0.4 is 5.32 Å². The smallest absolute Gasteiger partial charge is 0.338 e. The van der Waals surface area contributed by atoms with Crippen molar-refractivity contribution in [1.82, 2.24) is 4.90 Å². The second-order valence-electron chi connectivity index (χ2n) is 6.99. The summed E-state index contributed by atoms with van der Waals surface area (Å²) in [5.41, 5.74) is 0.720. The van der Waals surface area contributed by atoms with Gasteiger partial charge in [0.15, 0.2) is 6.61 Å². The van der Waals surface area contributed by atoms with Crippen molar-refractivity contribution in [3.8, 4) is 0 Å². The molecule has 29 heavy (non-hydrogen) atoms. The van der Waals surface area contributed by atoms with Crippen molar-refractivity contribution < 1.29 is 19.2 Å². The average molecular weight is 397 g/mol. The van der Waals surface area contributed by atoms with Gasteiger partial charge in [0.25, 0.3) is 11.6 Å². The molecule has 0 aliphatic carbocycles. The number of hydrogen-bond donors (Lipinski definition) is 1. The molecule has 8 nitrogen and oxygen atoms in total. The number of nitrogens with zero attached hydrogens (tertiary/aromatic N) is 2. The Morgan fingerprint density at radius 3 is 2.66 bits per heavy atom. The van der Waals surface area contributed by atoms with Crippen molar-refractivity contribution in [3.63, 3.8) is 0 Å². The normalized spacial score (nSPS) is 16.2. The number of ether oxygens (including phenoxy) is 1. The number of amides is 1. The number of carbonyl (C=O) groups excluding carboxylic acids is 2. The molecule has 152 valence electrons. The Morgan fingerprint density at radius 2 is 1.97 bits per heavy atom. The van der Waals surface area contributed by atoms with E-state index in [4.69, 9.17) is 4.74 Å². The summed E-state index contributed by atoms with van der Waals surface area (Å²) in [6.45, 7) is 2.25. The highest BCUT2D eigenvalue weighted by molar-refractivity contribution is 5.93. The summed E-state index contributed by atoms with van der Waals surface area (Å²) in [7, 11) is 0. The third-order valence-electron chi connectivity index (χ3n) is 4.93. The number of anilines is 2. The van der Waals surface area contributed by atoms with Crippen molar-refractivity contribution in [1.29, 1.82) is 0 Å². The van der Waals surface area contributed by atoms with Gasteiger partial charge >= 0.3 is 5.97 Å². The molecule has 1 aliphatic rings. The minimum Gasteiger partial charge on any atom is -0.452 e. The number of carbonyl (C=O) groups is 2. The van der Waals surface area contributed by atoms with Crippen LogP contribution in [0.25, 0.3) is 0 Å². The van der Waals surface area contributed by atoms with Crippen LogP contribution in [-0.4, -0.2) is 40.9 Å². The SMILES string of the molecule is C[C@@H]1CCCCN1C(=O)COC(=O)c1ccc(Nc2ccccc2)c([N+](=O)[O-])c1. The lowest BCUT2D eigenvalue weighted by molar-refractivity contribution is -0.383. The van der Waals surface area contributed by atoms with Crippen LogP contribution in [0.1, 0.15) is 36.5 Å². The lowest BCUT2D eigenvalue weighted by atomic mass is 10.0. The Kier molecular flexibility index (Phi) is 6.43. The molecule has 0 radical (unpaired) electrons. The molecule has 0 bridgehead atoms. The lowest BCUT2D eigenvalue weighted by Gasteiger charge is -2.33. The Balaban J connectivity index is 1.68. The number of esters is 1. The van der Waals surface area contributed by atoms with E-state index in [-0.39, 0.29) is 35.5 Å². The Bertz CT molecular complexity index is 900. The third kappa shape index (κ3) is 5.10. The van der Waals surface area contributed by atoms with Gasteiger partial charge in [0, 0.05) is 24.3 Å². The molecule has 1 aliphatic heterocycles. The van der Waals surface area contributed by atoms with Crippen LogP contribution in [0.3, 0.4) is 0 Å². The van der Waals surface area contributed by atoms with Crippen molar-refractivity contribution in [2.75, 3.05) is 18.5 Å². The van der Waals surface area contributed by atoms with Crippen LogP contribution in [0.4, 0.5) is 17.1 Å². The van der Waals surface area contributed by atoms with Crippen LogP contribution in [0, 0.1) is 10.1 Å². The third-order valence-corrected chi connectivity index (χ3v) is 4.93. The van der Waals surface area contributed by atoms with Crippen LogP contribution in [0.2, 0.25) is 0 Å².